The molecule has 0 fully saturated rings. The molecular weight excluding hydrogens is 397 g/mol. The van der Waals surface area contributed by atoms with Gasteiger partial charge in [0.25, 0.3) is 0 Å². The van der Waals surface area contributed by atoms with Crippen LogP contribution in [0.1, 0.15) is 48.6 Å². The van der Waals surface area contributed by atoms with Crippen molar-refractivity contribution >= 4 is 15.5 Å². The molecule has 30 heavy (non-hydrogen) atoms. The molecule has 3 aromatic carbocycles. The van der Waals surface area contributed by atoms with E-state index in [4.69, 9.17) is 0 Å². The molecule has 0 aromatic heterocycles. The van der Waals surface area contributed by atoms with Crippen LogP contribution in [-0.4, -0.2) is 8.42 Å². The highest BCUT2D eigenvalue weighted by molar-refractivity contribution is 7.90. The molecule has 1 aliphatic heterocycles. The Hall–Kier alpha value is -2.66. The van der Waals surface area contributed by atoms with Crippen LogP contribution in [0.25, 0.3) is 0 Å². The van der Waals surface area contributed by atoms with Crippen molar-refractivity contribution in [2.45, 2.75) is 49.3 Å². The van der Waals surface area contributed by atoms with Crippen molar-refractivity contribution in [2.75, 3.05) is 5.32 Å². The molecule has 4 rings (SSSR count). The molecule has 0 aliphatic carbocycles. The van der Waals surface area contributed by atoms with Crippen LogP contribution < -0.4 is 5.32 Å². The van der Waals surface area contributed by atoms with Crippen molar-refractivity contribution in [2.24, 2.45) is 0 Å². The van der Waals surface area contributed by atoms with E-state index in [1.54, 1.807) is 0 Å². The van der Waals surface area contributed by atoms with Crippen molar-refractivity contribution in [3.8, 4) is 0 Å². The minimum Gasteiger partial charge on any atom is -0.378 e. The van der Waals surface area contributed by atoms with E-state index in [0.717, 1.165) is 23.2 Å². The van der Waals surface area contributed by atoms with Crippen LogP contribution >= 0.6 is 0 Å². The van der Waals surface area contributed by atoms with Gasteiger partial charge < -0.3 is 5.32 Å². The normalized spacial score (nSPS) is 17.8. The third-order valence-electron chi connectivity index (χ3n) is 5.83. The van der Waals surface area contributed by atoms with Gasteiger partial charge in [0.1, 0.15) is 5.82 Å². The molecule has 1 N–H and O–H groups in total. The molecule has 5 heteroatoms. The third kappa shape index (κ3) is 4.12. The first-order valence-corrected chi connectivity index (χ1v) is 11.7. The fourth-order valence-corrected chi connectivity index (χ4v) is 5.58. The Labute approximate surface area is 177 Å². The Morgan fingerprint density at radius 3 is 2.50 bits per heavy atom. The number of halogens is 1. The number of fused-ring (bicyclic) bond motifs is 1. The zero-order chi connectivity index (χ0) is 21.5. The second kappa shape index (κ2) is 7.55. The molecule has 0 bridgehead atoms. The molecular formula is C25H26FNO2S. The molecule has 1 aliphatic rings. The molecule has 0 saturated carbocycles. The Morgan fingerprint density at radius 2 is 1.77 bits per heavy atom. The van der Waals surface area contributed by atoms with Crippen molar-refractivity contribution < 1.29 is 12.8 Å². The highest BCUT2D eigenvalue weighted by atomic mass is 32.2. The number of sulfone groups is 1. The second-order valence-electron chi connectivity index (χ2n) is 8.79. The Balaban J connectivity index is 1.61. The molecule has 1 heterocycles. The molecule has 1 atom stereocenters. The first-order valence-electron chi connectivity index (χ1n) is 10.1. The fourth-order valence-electron chi connectivity index (χ4n) is 4.25. The summed E-state index contributed by atoms with van der Waals surface area (Å²) in [7, 11) is -3.54. The summed E-state index contributed by atoms with van der Waals surface area (Å²) in [6, 6.07) is 19.3. The van der Waals surface area contributed by atoms with Crippen molar-refractivity contribution in [3.05, 3.63) is 94.8 Å². The number of aryl methyl sites for hydroxylation is 1. The zero-order valence-electron chi connectivity index (χ0n) is 17.4. The standard InChI is InChI=1S/C25H26FNO2S/c1-17-7-12-23-22(13-17)25(2,3)15-24(27-23)19-6-4-5-18(14-19)16-30(28,29)21-10-8-20(26)9-11-21/h4-14,24,27H,15-16H2,1-3H3. The van der Waals surface area contributed by atoms with Crippen molar-refractivity contribution in [3.63, 3.8) is 0 Å². The zero-order valence-corrected chi connectivity index (χ0v) is 18.3. The van der Waals surface area contributed by atoms with Crippen LogP contribution in [0.15, 0.2) is 71.6 Å². The second-order valence-corrected chi connectivity index (χ2v) is 10.8. The minimum atomic E-state index is -3.54. The SMILES string of the molecule is Cc1ccc2c(c1)C(C)(C)CC(c1cccc(CS(=O)(=O)c3ccc(F)cc3)c1)N2. The predicted octanol–water partition coefficient (Wildman–Crippen LogP) is 5.94. The van der Waals surface area contributed by atoms with E-state index in [1.165, 1.54) is 35.4 Å². The van der Waals surface area contributed by atoms with E-state index in [2.05, 4.69) is 44.3 Å². The molecule has 156 valence electrons. The maximum absolute atomic E-state index is 13.1. The number of rotatable bonds is 4. The van der Waals surface area contributed by atoms with Crippen LogP contribution in [0.3, 0.4) is 0 Å². The van der Waals surface area contributed by atoms with Crippen LogP contribution in [0.5, 0.6) is 0 Å². The summed E-state index contributed by atoms with van der Waals surface area (Å²) in [5.74, 6) is -0.560. The summed E-state index contributed by atoms with van der Waals surface area (Å²) in [4.78, 5) is 0.135. The summed E-state index contributed by atoms with van der Waals surface area (Å²) in [5, 5.41) is 3.63. The lowest BCUT2D eigenvalue weighted by Gasteiger charge is -2.39. The molecule has 3 nitrogen and oxygen atoms in total. The lowest BCUT2D eigenvalue weighted by atomic mass is 9.73. The first kappa shape index (κ1) is 20.6. The Morgan fingerprint density at radius 1 is 1.03 bits per heavy atom. The number of hydrogen-bond acceptors (Lipinski definition) is 3. The number of benzene rings is 3. The van der Waals surface area contributed by atoms with Gasteiger partial charge in [0.05, 0.1) is 16.7 Å². The number of hydrogen-bond donors (Lipinski definition) is 1. The van der Waals surface area contributed by atoms with Gasteiger partial charge >= 0.3 is 0 Å². The van der Waals surface area contributed by atoms with Gasteiger partial charge in [0, 0.05) is 5.69 Å². The van der Waals surface area contributed by atoms with Crippen molar-refractivity contribution in [1.29, 1.82) is 0 Å². The smallest absolute Gasteiger partial charge is 0.182 e. The molecule has 3 aromatic rings. The van der Waals surface area contributed by atoms with E-state index in [0.29, 0.717) is 0 Å². The fraction of sp³-hybridized carbons (Fsp3) is 0.280. The number of anilines is 1. The monoisotopic (exact) mass is 423 g/mol. The van der Waals surface area contributed by atoms with E-state index in [9.17, 15) is 12.8 Å². The quantitative estimate of drug-likeness (QED) is 0.528. The lowest BCUT2D eigenvalue weighted by molar-refractivity contribution is 0.427. The molecule has 0 saturated heterocycles. The van der Waals surface area contributed by atoms with Crippen molar-refractivity contribution in [1.82, 2.24) is 0 Å². The van der Waals surface area contributed by atoms with Gasteiger partial charge in [-0.25, -0.2) is 12.8 Å². The maximum atomic E-state index is 13.1. The first-order chi connectivity index (χ1) is 14.1. The average molecular weight is 424 g/mol. The Kier molecular flexibility index (Phi) is 5.18. The highest BCUT2D eigenvalue weighted by Gasteiger charge is 2.33. The van der Waals surface area contributed by atoms with Gasteiger partial charge in [0.2, 0.25) is 0 Å². The van der Waals surface area contributed by atoms with Crippen LogP contribution in [0.4, 0.5) is 10.1 Å². The summed E-state index contributed by atoms with van der Waals surface area (Å²) in [5.41, 5.74) is 5.50. The number of nitrogens with one attached hydrogen (secondary N) is 1. The van der Waals surface area contributed by atoms with Gasteiger partial charge in [-0.3, -0.25) is 0 Å². The molecule has 0 amide bonds. The van der Waals surface area contributed by atoms with E-state index in [-0.39, 0.29) is 22.1 Å². The van der Waals surface area contributed by atoms with Crippen LogP contribution in [0, 0.1) is 12.7 Å². The minimum absolute atomic E-state index is 0.00740. The molecule has 0 radical (unpaired) electrons. The molecule has 1 unspecified atom stereocenters. The average Bonchev–Trinajstić information content (AvgIpc) is 2.68. The lowest BCUT2D eigenvalue weighted by Crippen LogP contribution is -2.31. The summed E-state index contributed by atoms with van der Waals surface area (Å²) in [6.07, 6.45) is 0.914. The summed E-state index contributed by atoms with van der Waals surface area (Å²) in [6.45, 7) is 6.61. The van der Waals surface area contributed by atoms with E-state index in [1.807, 2.05) is 24.3 Å². The van der Waals surface area contributed by atoms with Gasteiger partial charge in [-0.2, -0.15) is 0 Å². The van der Waals surface area contributed by atoms with Crippen LogP contribution in [-0.2, 0) is 21.0 Å². The summed E-state index contributed by atoms with van der Waals surface area (Å²) >= 11 is 0. The van der Waals surface area contributed by atoms with Gasteiger partial charge in [-0.1, -0.05) is 55.8 Å². The summed E-state index contributed by atoms with van der Waals surface area (Å²) < 4.78 is 38.7. The predicted molar refractivity (Wildman–Crippen MR) is 119 cm³/mol. The largest absolute Gasteiger partial charge is 0.378 e. The Bertz CT molecular complexity index is 1180. The third-order valence-corrected chi connectivity index (χ3v) is 7.53. The van der Waals surface area contributed by atoms with E-state index < -0.39 is 15.7 Å². The van der Waals surface area contributed by atoms with E-state index >= 15 is 0 Å². The van der Waals surface area contributed by atoms with Gasteiger partial charge in [-0.05, 0) is 65.8 Å². The maximum Gasteiger partial charge on any atom is 0.182 e. The topological polar surface area (TPSA) is 46.2 Å². The van der Waals surface area contributed by atoms with Gasteiger partial charge in [0.15, 0.2) is 9.84 Å². The van der Waals surface area contributed by atoms with Gasteiger partial charge in [-0.15, -0.1) is 0 Å². The highest BCUT2D eigenvalue weighted by Crippen LogP contribution is 2.44. The molecule has 0 spiro atoms. The van der Waals surface area contributed by atoms with Crippen LogP contribution in [0.2, 0.25) is 0 Å².